The molecule has 1 aromatic carbocycles. The number of nitrogens with one attached hydrogen (secondary N) is 1. The van der Waals surface area contributed by atoms with Crippen molar-refractivity contribution in [3.05, 3.63) is 34.6 Å². The Morgan fingerprint density at radius 1 is 1.11 bits per heavy atom. The zero-order chi connectivity index (χ0) is 13.2. The number of aryl methyl sites for hydroxylation is 1. The van der Waals surface area contributed by atoms with Gasteiger partial charge in [-0.05, 0) is 54.5 Å². The molecule has 1 heterocycles. The maximum atomic E-state index is 5.78. The minimum absolute atomic E-state index is 0.0970. The molecule has 3 rings (SSSR count). The lowest BCUT2D eigenvalue weighted by molar-refractivity contribution is 0.687. The highest BCUT2D eigenvalue weighted by atomic mass is 35.5. The number of nitrogens with two attached hydrogens (primary N) is 1. The van der Waals surface area contributed by atoms with Crippen molar-refractivity contribution >= 4 is 29.2 Å². The number of nitrogen functional groups attached to an aromatic ring is 1. The van der Waals surface area contributed by atoms with Crippen LogP contribution in [0.3, 0.4) is 0 Å². The Balaban J connectivity index is 1.95. The maximum Gasteiger partial charge on any atom is 0.233 e. The first-order chi connectivity index (χ1) is 9.22. The number of halogens is 1. The molecule has 0 amide bonds. The fourth-order valence-electron chi connectivity index (χ4n) is 2.44. The number of anilines is 3. The summed E-state index contributed by atoms with van der Waals surface area (Å²) < 4.78 is 0. The second-order valence-corrected chi connectivity index (χ2v) is 4.90. The standard InChI is InChI=1S/C13H14ClN5/c14-11-17-12(15)19-13(18-11)16-10-7-3-5-8-4-1-2-6-9(8)10/h3,5,7H,1-2,4,6H2,(H3,15,16,17,18,19). The fraction of sp³-hybridized carbons (Fsp3) is 0.308. The SMILES string of the molecule is Nc1nc(Cl)nc(Nc2cccc3c2CCCC3)n1. The Morgan fingerprint density at radius 3 is 2.79 bits per heavy atom. The lowest BCUT2D eigenvalue weighted by atomic mass is 9.90. The third kappa shape index (κ3) is 2.61. The molecule has 0 saturated carbocycles. The third-order valence-corrected chi connectivity index (χ3v) is 3.44. The molecule has 5 nitrogen and oxygen atoms in total. The summed E-state index contributed by atoms with van der Waals surface area (Å²) in [5.41, 5.74) is 9.32. The molecule has 0 saturated heterocycles. The number of hydrogen-bond acceptors (Lipinski definition) is 5. The van der Waals surface area contributed by atoms with Gasteiger partial charge in [-0.3, -0.25) is 0 Å². The summed E-state index contributed by atoms with van der Waals surface area (Å²) in [6, 6.07) is 6.24. The molecule has 1 aliphatic carbocycles. The van der Waals surface area contributed by atoms with Crippen LogP contribution in [0.2, 0.25) is 5.28 Å². The minimum Gasteiger partial charge on any atom is -0.368 e. The van der Waals surface area contributed by atoms with Gasteiger partial charge in [0, 0.05) is 5.69 Å². The quantitative estimate of drug-likeness (QED) is 0.881. The molecule has 0 radical (unpaired) electrons. The van der Waals surface area contributed by atoms with Gasteiger partial charge in [0.1, 0.15) is 0 Å². The van der Waals surface area contributed by atoms with E-state index in [1.807, 2.05) is 12.1 Å². The van der Waals surface area contributed by atoms with E-state index in [2.05, 4.69) is 26.3 Å². The van der Waals surface area contributed by atoms with Gasteiger partial charge in [0.05, 0.1) is 0 Å². The van der Waals surface area contributed by atoms with Gasteiger partial charge in [-0.2, -0.15) is 15.0 Å². The summed E-state index contributed by atoms with van der Waals surface area (Å²) in [7, 11) is 0. The average molecular weight is 276 g/mol. The second kappa shape index (κ2) is 5.01. The Morgan fingerprint density at radius 2 is 1.95 bits per heavy atom. The van der Waals surface area contributed by atoms with Crippen LogP contribution in [-0.4, -0.2) is 15.0 Å². The van der Waals surface area contributed by atoms with Gasteiger partial charge < -0.3 is 11.1 Å². The van der Waals surface area contributed by atoms with Crippen LogP contribution in [0.25, 0.3) is 0 Å². The zero-order valence-corrected chi connectivity index (χ0v) is 11.1. The van der Waals surface area contributed by atoms with E-state index in [1.165, 1.54) is 24.0 Å². The van der Waals surface area contributed by atoms with E-state index in [0.717, 1.165) is 18.5 Å². The van der Waals surface area contributed by atoms with Crippen molar-refractivity contribution in [2.45, 2.75) is 25.7 Å². The molecule has 1 aromatic heterocycles. The van der Waals surface area contributed by atoms with Gasteiger partial charge >= 0.3 is 0 Å². The van der Waals surface area contributed by atoms with Crippen LogP contribution in [0.1, 0.15) is 24.0 Å². The summed E-state index contributed by atoms with van der Waals surface area (Å²) in [5, 5.41) is 3.28. The molecule has 0 unspecified atom stereocenters. The van der Waals surface area contributed by atoms with E-state index in [4.69, 9.17) is 17.3 Å². The molecule has 98 valence electrons. The number of fused-ring (bicyclic) bond motifs is 1. The molecule has 19 heavy (non-hydrogen) atoms. The van der Waals surface area contributed by atoms with Crippen LogP contribution in [0.4, 0.5) is 17.6 Å². The number of nitrogens with zero attached hydrogens (tertiary/aromatic N) is 3. The summed E-state index contributed by atoms with van der Waals surface area (Å²) in [6.07, 6.45) is 4.67. The highest BCUT2D eigenvalue weighted by Gasteiger charge is 2.13. The van der Waals surface area contributed by atoms with Crippen molar-refractivity contribution in [2.75, 3.05) is 11.1 Å². The molecular formula is C13H14ClN5. The molecular weight excluding hydrogens is 262 g/mol. The summed E-state index contributed by atoms with van der Waals surface area (Å²) in [6.45, 7) is 0. The smallest absolute Gasteiger partial charge is 0.233 e. The normalized spacial score (nSPS) is 13.9. The first-order valence-electron chi connectivity index (χ1n) is 6.27. The van der Waals surface area contributed by atoms with Gasteiger partial charge in [-0.1, -0.05) is 12.1 Å². The van der Waals surface area contributed by atoms with Crippen molar-refractivity contribution in [3.8, 4) is 0 Å². The summed E-state index contributed by atoms with van der Waals surface area (Å²) >= 11 is 5.78. The lowest BCUT2D eigenvalue weighted by Crippen LogP contribution is -2.08. The number of aromatic nitrogens is 3. The van der Waals surface area contributed by atoms with E-state index < -0.39 is 0 Å². The van der Waals surface area contributed by atoms with E-state index in [-0.39, 0.29) is 11.2 Å². The van der Waals surface area contributed by atoms with Gasteiger partial charge in [0.15, 0.2) is 0 Å². The molecule has 0 atom stereocenters. The van der Waals surface area contributed by atoms with Crippen molar-refractivity contribution in [1.82, 2.24) is 15.0 Å². The van der Waals surface area contributed by atoms with Crippen molar-refractivity contribution in [3.63, 3.8) is 0 Å². The molecule has 6 heteroatoms. The second-order valence-electron chi connectivity index (χ2n) is 4.56. The molecule has 0 spiro atoms. The lowest BCUT2D eigenvalue weighted by Gasteiger charge is -2.19. The minimum atomic E-state index is 0.0970. The largest absolute Gasteiger partial charge is 0.368 e. The predicted molar refractivity (Wildman–Crippen MR) is 75.6 cm³/mol. The summed E-state index contributed by atoms with van der Waals surface area (Å²) in [4.78, 5) is 11.8. The molecule has 0 fully saturated rings. The van der Waals surface area contributed by atoms with Crippen LogP contribution in [0.5, 0.6) is 0 Å². The summed E-state index contributed by atoms with van der Waals surface area (Å²) in [5.74, 6) is 0.503. The Kier molecular flexibility index (Phi) is 3.21. The van der Waals surface area contributed by atoms with Crippen LogP contribution >= 0.6 is 11.6 Å². The van der Waals surface area contributed by atoms with Crippen molar-refractivity contribution in [2.24, 2.45) is 0 Å². The van der Waals surface area contributed by atoms with Crippen molar-refractivity contribution < 1.29 is 0 Å². The van der Waals surface area contributed by atoms with Crippen LogP contribution in [0, 0.1) is 0 Å². The first-order valence-corrected chi connectivity index (χ1v) is 6.65. The molecule has 0 aliphatic heterocycles. The monoisotopic (exact) mass is 275 g/mol. The highest BCUT2D eigenvalue weighted by molar-refractivity contribution is 6.28. The van der Waals surface area contributed by atoms with Gasteiger partial charge in [-0.15, -0.1) is 0 Å². The molecule has 2 aromatic rings. The van der Waals surface area contributed by atoms with Crippen LogP contribution in [0.15, 0.2) is 18.2 Å². The Hall–Kier alpha value is -1.88. The number of rotatable bonds is 2. The van der Waals surface area contributed by atoms with Gasteiger partial charge in [0.2, 0.25) is 17.2 Å². The highest BCUT2D eigenvalue weighted by Crippen LogP contribution is 2.29. The Labute approximate surface area is 116 Å². The third-order valence-electron chi connectivity index (χ3n) is 3.27. The maximum absolute atomic E-state index is 5.78. The van der Waals surface area contributed by atoms with E-state index >= 15 is 0 Å². The zero-order valence-electron chi connectivity index (χ0n) is 10.4. The molecule has 0 bridgehead atoms. The van der Waals surface area contributed by atoms with E-state index in [0.29, 0.717) is 5.95 Å². The first kappa shape index (κ1) is 12.2. The number of hydrogen-bond donors (Lipinski definition) is 2. The average Bonchev–Trinajstić information content (AvgIpc) is 2.38. The molecule has 1 aliphatic rings. The van der Waals surface area contributed by atoms with Gasteiger partial charge in [0.25, 0.3) is 0 Å². The van der Waals surface area contributed by atoms with Crippen molar-refractivity contribution in [1.29, 1.82) is 0 Å². The van der Waals surface area contributed by atoms with E-state index in [1.54, 1.807) is 0 Å². The van der Waals surface area contributed by atoms with Crippen LogP contribution in [-0.2, 0) is 12.8 Å². The topological polar surface area (TPSA) is 76.7 Å². The molecule has 3 N–H and O–H groups in total. The van der Waals surface area contributed by atoms with Crippen LogP contribution < -0.4 is 11.1 Å². The van der Waals surface area contributed by atoms with Gasteiger partial charge in [-0.25, -0.2) is 0 Å². The fourth-order valence-corrected chi connectivity index (χ4v) is 2.61. The number of benzene rings is 1. The Bertz CT molecular complexity index is 594. The predicted octanol–water partition coefficient (Wildman–Crippen LogP) is 2.73. The van der Waals surface area contributed by atoms with E-state index in [9.17, 15) is 0 Å².